The van der Waals surface area contributed by atoms with Crippen LogP contribution in [-0.2, 0) is 0 Å². The second kappa shape index (κ2) is 5.98. The van der Waals surface area contributed by atoms with Crippen LogP contribution in [0.2, 0.25) is 0 Å². The van der Waals surface area contributed by atoms with Gasteiger partial charge in [-0.15, -0.1) is 0 Å². The summed E-state index contributed by atoms with van der Waals surface area (Å²) in [6.07, 6.45) is 13.2. The predicted octanol–water partition coefficient (Wildman–Crippen LogP) is 4.74. The molecule has 0 spiro atoms. The standard InChI is InChI=1S/C22H39NO/c1-14(23)19-5-4-6-20-18-8-7-15-13-21(2,24)11-9-16(15)17(18)10-12-22(19,20)3/h14-20,24H,4-13,23H2,1-3H3/t14?,15-,16+,17-,18-,19-,20+,21-,22-/m1/s1. The lowest BCUT2D eigenvalue weighted by Crippen LogP contribution is -2.56. The van der Waals surface area contributed by atoms with Gasteiger partial charge in [-0.05, 0) is 113 Å². The molecule has 4 rings (SSSR count). The zero-order valence-corrected chi connectivity index (χ0v) is 16.1. The first-order chi connectivity index (χ1) is 11.3. The number of fused-ring (bicyclic) bond motifs is 5. The summed E-state index contributed by atoms with van der Waals surface area (Å²) in [5, 5.41) is 10.5. The molecule has 9 atom stereocenters. The van der Waals surface area contributed by atoms with E-state index in [9.17, 15) is 5.11 Å². The Balaban J connectivity index is 1.56. The monoisotopic (exact) mass is 333 g/mol. The fourth-order valence-electron chi connectivity index (χ4n) is 8.18. The van der Waals surface area contributed by atoms with E-state index >= 15 is 0 Å². The van der Waals surface area contributed by atoms with Crippen molar-refractivity contribution in [2.75, 3.05) is 0 Å². The lowest BCUT2D eigenvalue weighted by Gasteiger charge is -2.61. The zero-order chi connectivity index (χ0) is 17.1. The van der Waals surface area contributed by atoms with Crippen LogP contribution in [0.3, 0.4) is 0 Å². The average Bonchev–Trinajstić information content (AvgIpc) is 2.51. The normalized spacial score (nSPS) is 55.9. The lowest BCUT2D eigenvalue weighted by atomic mass is 9.44. The van der Waals surface area contributed by atoms with E-state index in [1.54, 1.807) is 0 Å². The van der Waals surface area contributed by atoms with Crippen LogP contribution < -0.4 is 5.73 Å². The van der Waals surface area contributed by atoms with Gasteiger partial charge in [-0.1, -0.05) is 13.3 Å². The molecule has 0 bridgehead atoms. The Morgan fingerprint density at radius 1 is 0.917 bits per heavy atom. The minimum Gasteiger partial charge on any atom is -0.390 e. The van der Waals surface area contributed by atoms with Crippen molar-refractivity contribution in [2.45, 2.75) is 96.6 Å². The molecule has 0 radical (unpaired) electrons. The van der Waals surface area contributed by atoms with Gasteiger partial charge in [0.15, 0.2) is 0 Å². The van der Waals surface area contributed by atoms with Crippen LogP contribution in [0.25, 0.3) is 0 Å². The van der Waals surface area contributed by atoms with E-state index in [-0.39, 0.29) is 5.60 Å². The molecule has 1 unspecified atom stereocenters. The third-order valence-electron chi connectivity index (χ3n) is 9.19. The van der Waals surface area contributed by atoms with Crippen molar-refractivity contribution in [3.63, 3.8) is 0 Å². The molecular formula is C22H39NO. The van der Waals surface area contributed by atoms with Crippen molar-refractivity contribution in [1.29, 1.82) is 0 Å². The van der Waals surface area contributed by atoms with E-state index in [1.165, 1.54) is 51.4 Å². The average molecular weight is 334 g/mol. The van der Waals surface area contributed by atoms with Crippen LogP contribution in [0.5, 0.6) is 0 Å². The first-order valence-electron chi connectivity index (χ1n) is 10.8. The van der Waals surface area contributed by atoms with Crippen LogP contribution >= 0.6 is 0 Å². The van der Waals surface area contributed by atoms with Gasteiger partial charge in [0.2, 0.25) is 0 Å². The van der Waals surface area contributed by atoms with Crippen LogP contribution in [0, 0.1) is 40.9 Å². The topological polar surface area (TPSA) is 46.2 Å². The molecule has 2 nitrogen and oxygen atoms in total. The molecule has 0 heterocycles. The molecule has 3 N–H and O–H groups in total. The van der Waals surface area contributed by atoms with Crippen LogP contribution in [-0.4, -0.2) is 16.7 Å². The Kier molecular flexibility index (Phi) is 4.32. The summed E-state index contributed by atoms with van der Waals surface area (Å²) in [5.74, 6) is 5.27. The van der Waals surface area contributed by atoms with E-state index in [0.717, 1.165) is 48.3 Å². The fourth-order valence-corrected chi connectivity index (χ4v) is 8.18. The Labute approximate surface area is 149 Å². The highest BCUT2D eigenvalue weighted by atomic mass is 16.3. The Morgan fingerprint density at radius 2 is 1.67 bits per heavy atom. The number of hydrogen-bond donors (Lipinski definition) is 2. The van der Waals surface area contributed by atoms with Gasteiger partial charge in [-0.25, -0.2) is 0 Å². The first-order valence-corrected chi connectivity index (χ1v) is 10.8. The van der Waals surface area contributed by atoms with Gasteiger partial charge in [0.1, 0.15) is 0 Å². The SMILES string of the molecule is CC(N)[C@H]1CCC[C@H]2[C@@H]3CC[C@@H]4C[C@](C)(O)CC[C@@H]4[C@H]3CC[C@]12C. The largest absolute Gasteiger partial charge is 0.390 e. The molecule has 0 aromatic carbocycles. The number of hydrogen-bond acceptors (Lipinski definition) is 2. The third-order valence-corrected chi connectivity index (χ3v) is 9.19. The Hall–Kier alpha value is -0.0800. The molecule has 0 aromatic heterocycles. The Bertz CT molecular complexity index is 473. The van der Waals surface area contributed by atoms with Crippen LogP contribution in [0.15, 0.2) is 0 Å². The molecule has 2 heteroatoms. The fraction of sp³-hybridized carbons (Fsp3) is 1.00. The maximum Gasteiger partial charge on any atom is 0.0622 e. The maximum absolute atomic E-state index is 10.5. The van der Waals surface area contributed by atoms with Gasteiger partial charge < -0.3 is 10.8 Å². The van der Waals surface area contributed by atoms with Gasteiger partial charge >= 0.3 is 0 Å². The third kappa shape index (κ3) is 2.67. The van der Waals surface area contributed by atoms with Crippen molar-refractivity contribution < 1.29 is 5.11 Å². The minimum atomic E-state index is -0.387. The van der Waals surface area contributed by atoms with Gasteiger partial charge in [0, 0.05) is 6.04 Å². The van der Waals surface area contributed by atoms with Gasteiger partial charge in [-0.3, -0.25) is 0 Å². The summed E-state index contributed by atoms with van der Waals surface area (Å²) in [7, 11) is 0. The smallest absolute Gasteiger partial charge is 0.0622 e. The molecule has 0 amide bonds. The molecule has 0 aliphatic heterocycles. The molecular weight excluding hydrogens is 294 g/mol. The van der Waals surface area contributed by atoms with E-state index in [0.29, 0.717) is 11.5 Å². The van der Waals surface area contributed by atoms with E-state index < -0.39 is 0 Å². The van der Waals surface area contributed by atoms with Crippen LogP contribution in [0.1, 0.15) is 85.0 Å². The summed E-state index contributed by atoms with van der Waals surface area (Å²) < 4.78 is 0. The van der Waals surface area contributed by atoms with Crippen molar-refractivity contribution >= 4 is 0 Å². The molecule has 24 heavy (non-hydrogen) atoms. The first kappa shape index (κ1) is 17.3. The van der Waals surface area contributed by atoms with Crippen molar-refractivity contribution in [3.05, 3.63) is 0 Å². The van der Waals surface area contributed by atoms with Gasteiger partial charge in [0.05, 0.1) is 5.60 Å². The molecule has 4 saturated carbocycles. The van der Waals surface area contributed by atoms with E-state index in [2.05, 4.69) is 20.8 Å². The summed E-state index contributed by atoms with van der Waals surface area (Å²) >= 11 is 0. The molecule has 0 aromatic rings. The van der Waals surface area contributed by atoms with Crippen molar-refractivity contribution in [1.82, 2.24) is 0 Å². The van der Waals surface area contributed by atoms with Crippen molar-refractivity contribution in [2.24, 2.45) is 46.7 Å². The summed E-state index contributed by atoms with van der Waals surface area (Å²) in [6, 6.07) is 0.357. The highest BCUT2D eigenvalue weighted by molar-refractivity contribution is 5.06. The molecule has 0 saturated heterocycles. The molecule has 4 aliphatic rings. The zero-order valence-electron chi connectivity index (χ0n) is 16.1. The van der Waals surface area contributed by atoms with E-state index in [1.807, 2.05) is 0 Å². The van der Waals surface area contributed by atoms with Crippen LogP contribution in [0.4, 0.5) is 0 Å². The highest BCUT2D eigenvalue weighted by Gasteiger charge is 2.56. The summed E-state index contributed by atoms with van der Waals surface area (Å²) in [6.45, 7) is 6.92. The number of rotatable bonds is 1. The molecule has 4 aliphatic carbocycles. The van der Waals surface area contributed by atoms with E-state index in [4.69, 9.17) is 5.73 Å². The second-order valence-corrected chi connectivity index (χ2v) is 10.6. The Morgan fingerprint density at radius 3 is 2.42 bits per heavy atom. The second-order valence-electron chi connectivity index (χ2n) is 10.6. The maximum atomic E-state index is 10.5. The number of nitrogens with two attached hydrogens (primary N) is 1. The molecule has 4 fully saturated rings. The van der Waals surface area contributed by atoms with Gasteiger partial charge in [-0.2, -0.15) is 0 Å². The number of aliphatic hydroxyl groups is 1. The lowest BCUT2D eigenvalue weighted by molar-refractivity contribution is -0.128. The summed E-state index contributed by atoms with van der Waals surface area (Å²) in [4.78, 5) is 0. The van der Waals surface area contributed by atoms with Crippen molar-refractivity contribution in [3.8, 4) is 0 Å². The highest BCUT2D eigenvalue weighted by Crippen LogP contribution is 2.63. The predicted molar refractivity (Wildman–Crippen MR) is 99.5 cm³/mol. The minimum absolute atomic E-state index is 0.357. The quantitative estimate of drug-likeness (QED) is 0.728. The van der Waals surface area contributed by atoms with Gasteiger partial charge in [0.25, 0.3) is 0 Å². The summed E-state index contributed by atoms with van der Waals surface area (Å²) in [5.41, 5.74) is 6.55. The molecule has 138 valence electrons.